The normalized spacial score (nSPS) is 11.6. The fourth-order valence-electron chi connectivity index (χ4n) is 2.76. The summed E-state index contributed by atoms with van der Waals surface area (Å²) in [5.74, 6) is -0.111. The van der Waals surface area contributed by atoms with Gasteiger partial charge < -0.3 is 10.3 Å². The van der Waals surface area contributed by atoms with Crippen molar-refractivity contribution in [2.75, 3.05) is 6.54 Å². The third-order valence-electron chi connectivity index (χ3n) is 4.10. The van der Waals surface area contributed by atoms with Crippen molar-refractivity contribution in [1.29, 1.82) is 0 Å². The van der Waals surface area contributed by atoms with Crippen LogP contribution in [0, 0.1) is 0 Å². The average molecular weight is 327 g/mol. The predicted octanol–water partition coefficient (Wildman–Crippen LogP) is 4.53. The zero-order chi connectivity index (χ0) is 16.4. The number of carbonyl (C=O) groups excluding carboxylic acids is 1. The lowest BCUT2D eigenvalue weighted by Crippen LogP contribution is -2.36. The van der Waals surface area contributed by atoms with Crippen LogP contribution in [0.3, 0.4) is 0 Å². The quantitative estimate of drug-likeness (QED) is 0.727. The van der Waals surface area contributed by atoms with Gasteiger partial charge in [0.05, 0.1) is 0 Å². The van der Waals surface area contributed by atoms with E-state index in [9.17, 15) is 4.79 Å². The number of carbonyl (C=O) groups is 1. The van der Waals surface area contributed by atoms with Gasteiger partial charge in [0.15, 0.2) is 0 Å². The minimum atomic E-state index is -0.187. The molecule has 2 N–H and O–H groups in total. The van der Waals surface area contributed by atoms with Crippen LogP contribution in [0.2, 0.25) is 5.02 Å². The summed E-state index contributed by atoms with van der Waals surface area (Å²) in [4.78, 5) is 15.6. The molecule has 3 nitrogen and oxygen atoms in total. The first-order valence-corrected chi connectivity index (χ1v) is 7.95. The maximum Gasteiger partial charge on any atom is 0.251 e. The highest BCUT2D eigenvalue weighted by atomic mass is 35.5. The van der Waals surface area contributed by atoms with E-state index in [2.05, 4.69) is 36.3 Å². The predicted molar refractivity (Wildman–Crippen MR) is 95.1 cm³/mol. The highest BCUT2D eigenvalue weighted by molar-refractivity contribution is 6.30. The number of hydrogen-bond acceptors (Lipinski definition) is 1. The maximum absolute atomic E-state index is 12.3. The van der Waals surface area contributed by atoms with Crippen LogP contribution in [-0.2, 0) is 5.41 Å². The van der Waals surface area contributed by atoms with Crippen LogP contribution in [0.5, 0.6) is 0 Å². The van der Waals surface area contributed by atoms with Gasteiger partial charge in [0, 0.05) is 39.6 Å². The summed E-state index contributed by atoms with van der Waals surface area (Å²) in [5, 5.41) is 4.76. The van der Waals surface area contributed by atoms with Gasteiger partial charge in [0.1, 0.15) is 0 Å². The Hall–Kier alpha value is -2.26. The number of nitrogens with one attached hydrogen (secondary N) is 2. The Bertz CT molecular complexity index is 851. The molecule has 0 spiro atoms. The van der Waals surface area contributed by atoms with E-state index < -0.39 is 0 Å². The number of amides is 1. The van der Waals surface area contributed by atoms with Crippen LogP contribution in [0.15, 0.2) is 54.7 Å². The second-order valence-electron chi connectivity index (χ2n) is 6.32. The molecule has 118 valence electrons. The van der Waals surface area contributed by atoms with E-state index in [0.717, 1.165) is 5.52 Å². The number of para-hydroxylation sites is 1. The van der Waals surface area contributed by atoms with E-state index in [1.165, 1.54) is 10.9 Å². The van der Waals surface area contributed by atoms with Crippen molar-refractivity contribution in [1.82, 2.24) is 10.3 Å². The molecule has 0 radical (unpaired) electrons. The van der Waals surface area contributed by atoms with Crippen LogP contribution < -0.4 is 5.32 Å². The Morgan fingerprint density at radius 1 is 1.17 bits per heavy atom. The largest absolute Gasteiger partial charge is 0.361 e. The molecule has 1 amide bonds. The van der Waals surface area contributed by atoms with E-state index in [1.807, 2.05) is 18.3 Å². The van der Waals surface area contributed by atoms with Crippen molar-refractivity contribution in [3.63, 3.8) is 0 Å². The van der Waals surface area contributed by atoms with Gasteiger partial charge in [-0.3, -0.25) is 4.79 Å². The molecule has 4 heteroatoms. The smallest absolute Gasteiger partial charge is 0.251 e. The fourth-order valence-corrected chi connectivity index (χ4v) is 2.95. The molecule has 0 aliphatic carbocycles. The van der Waals surface area contributed by atoms with Crippen molar-refractivity contribution < 1.29 is 4.79 Å². The van der Waals surface area contributed by atoms with Gasteiger partial charge in [-0.25, -0.2) is 0 Å². The molecular formula is C19H19ClN2O. The summed E-state index contributed by atoms with van der Waals surface area (Å²) in [7, 11) is 0. The number of benzene rings is 2. The molecule has 2 aromatic carbocycles. The Labute approximate surface area is 140 Å². The van der Waals surface area contributed by atoms with Gasteiger partial charge in [-0.1, -0.05) is 49.7 Å². The van der Waals surface area contributed by atoms with Crippen LogP contribution in [0.1, 0.15) is 29.8 Å². The minimum Gasteiger partial charge on any atom is -0.361 e. The summed E-state index contributed by atoms with van der Waals surface area (Å²) in [6, 6.07) is 15.2. The maximum atomic E-state index is 12.3. The molecule has 0 unspecified atom stereocenters. The molecule has 23 heavy (non-hydrogen) atoms. The fraction of sp³-hybridized carbons (Fsp3) is 0.211. The number of aromatic nitrogens is 1. The number of fused-ring (bicyclic) bond motifs is 1. The second-order valence-corrected chi connectivity index (χ2v) is 6.76. The highest BCUT2D eigenvalue weighted by Gasteiger charge is 2.24. The van der Waals surface area contributed by atoms with Crippen molar-refractivity contribution >= 4 is 28.4 Å². The minimum absolute atomic E-state index is 0.111. The van der Waals surface area contributed by atoms with Crippen LogP contribution in [0.25, 0.3) is 10.9 Å². The van der Waals surface area contributed by atoms with E-state index in [-0.39, 0.29) is 11.3 Å². The van der Waals surface area contributed by atoms with Crippen molar-refractivity contribution in [2.24, 2.45) is 0 Å². The third-order valence-corrected chi connectivity index (χ3v) is 4.33. The molecule has 3 rings (SSSR count). The first-order chi connectivity index (χ1) is 11.0. The molecule has 0 bridgehead atoms. The SMILES string of the molecule is CC(C)(CNC(=O)c1cccc(Cl)c1)c1c[nH]c2ccccc12. The van der Waals surface area contributed by atoms with Gasteiger partial charge in [0.25, 0.3) is 5.91 Å². The molecule has 0 aliphatic heterocycles. The molecule has 3 aromatic rings. The van der Waals surface area contributed by atoms with E-state index in [1.54, 1.807) is 24.3 Å². The molecule has 0 saturated carbocycles. The standard InChI is InChI=1S/C19H19ClN2O/c1-19(2,16-11-21-17-9-4-3-8-15(16)17)12-22-18(23)13-6-5-7-14(20)10-13/h3-11,21H,12H2,1-2H3,(H,22,23). The Morgan fingerprint density at radius 3 is 2.74 bits per heavy atom. The van der Waals surface area contributed by atoms with Crippen molar-refractivity contribution in [3.05, 3.63) is 70.9 Å². The van der Waals surface area contributed by atoms with Crippen LogP contribution in [0.4, 0.5) is 0 Å². The Kier molecular flexibility index (Phi) is 4.14. The number of rotatable bonds is 4. The van der Waals surface area contributed by atoms with Gasteiger partial charge in [0.2, 0.25) is 0 Å². The number of halogens is 1. The van der Waals surface area contributed by atoms with Crippen molar-refractivity contribution in [3.8, 4) is 0 Å². The third kappa shape index (κ3) is 3.25. The van der Waals surface area contributed by atoms with E-state index in [0.29, 0.717) is 17.1 Å². The van der Waals surface area contributed by atoms with Gasteiger partial charge in [-0.15, -0.1) is 0 Å². The lowest BCUT2D eigenvalue weighted by molar-refractivity contribution is 0.0946. The lowest BCUT2D eigenvalue weighted by atomic mass is 9.84. The highest BCUT2D eigenvalue weighted by Crippen LogP contribution is 2.29. The Balaban J connectivity index is 1.77. The average Bonchev–Trinajstić information content (AvgIpc) is 2.97. The van der Waals surface area contributed by atoms with Gasteiger partial charge in [-0.05, 0) is 29.8 Å². The summed E-state index contributed by atoms with van der Waals surface area (Å²) in [6.07, 6.45) is 2.02. The molecular weight excluding hydrogens is 308 g/mol. The second kappa shape index (κ2) is 6.09. The first-order valence-electron chi connectivity index (χ1n) is 7.58. The topological polar surface area (TPSA) is 44.9 Å². The molecule has 0 fully saturated rings. The first kappa shape index (κ1) is 15.6. The Morgan fingerprint density at radius 2 is 1.96 bits per heavy atom. The molecule has 1 aromatic heterocycles. The van der Waals surface area contributed by atoms with E-state index in [4.69, 9.17) is 11.6 Å². The molecule has 0 atom stereocenters. The zero-order valence-electron chi connectivity index (χ0n) is 13.2. The number of hydrogen-bond donors (Lipinski definition) is 2. The summed E-state index contributed by atoms with van der Waals surface area (Å²) < 4.78 is 0. The van der Waals surface area contributed by atoms with Crippen LogP contribution >= 0.6 is 11.6 Å². The van der Waals surface area contributed by atoms with E-state index >= 15 is 0 Å². The van der Waals surface area contributed by atoms with Crippen molar-refractivity contribution in [2.45, 2.75) is 19.3 Å². The lowest BCUT2D eigenvalue weighted by Gasteiger charge is -2.25. The van der Waals surface area contributed by atoms with Gasteiger partial charge >= 0.3 is 0 Å². The molecule has 0 saturated heterocycles. The number of aromatic amines is 1. The zero-order valence-corrected chi connectivity index (χ0v) is 13.9. The monoisotopic (exact) mass is 326 g/mol. The summed E-state index contributed by atoms with van der Waals surface area (Å²) >= 11 is 5.94. The molecule has 1 heterocycles. The summed E-state index contributed by atoms with van der Waals surface area (Å²) in [5.41, 5.74) is 2.69. The summed E-state index contributed by atoms with van der Waals surface area (Å²) in [6.45, 7) is 4.79. The molecule has 0 aliphatic rings. The van der Waals surface area contributed by atoms with Crippen LogP contribution in [-0.4, -0.2) is 17.4 Å². The van der Waals surface area contributed by atoms with Gasteiger partial charge in [-0.2, -0.15) is 0 Å². The number of H-pyrrole nitrogens is 1.